The van der Waals surface area contributed by atoms with E-state index in [1.165, 1.54) is 0 Å². The maximum atomic E-state index is 9.06. The van der Waals surface area contributed by atoms with E-state index in [0.29, 0.717) is 6.54 Å². The molecule has 11 heavy (non-hydrogen) atoms. The van der Waals surface area contributed by atoms with Crippen molar-refractivity contribution in [3.63, 3.8) is 0 Å². The predicted octanol–water partition coefficient (Wildman–Crippen LogP) is 0.369. The second-order valence-corrected chi connectivity index (χ2v) is 3.15. The number of aliphatic hydroxyl groups is 1. The van der Waals surface area contributed by atoms with E-state index in [0.717, 1.165) is 6.42 Å². The molecule has 0 amide bonds. The number of ether oxygens (including phenoxy) is 1. The van der Waals surface area contributed by atoms with E-state index >= 15 is 0 Å². The van der Waals surface area contributed by atoms with Crippen LogP contribution in [0.3, 0.4) is 0 Å². The standard InChI is InChI=1S/C8H19NO2/c1-4-7(11-3)8(2,5-9)6-10/h7,10H,4-6,9H2,1-3H3. The summed E-state index contributed by atoms with van der Waals surface area (Å²) in [6.45, 7) is 4.49. The van der Waals surface area contributed by atoms with Crippen molar-refractivity contribution in [2.45, 2.75) is 26.4 Å². The Hall–Kier alpha value is -0.120. The van der Waals surface area contributed by atoms with Gasteiger partial charge in [-0.1, -0.05) is 13.8 Å². The molecule has 0 heterocycles. The van der Waals surface area contributed by atoms with Gasteiger partial charge in [0.15, 0.2) is 0 Å². The maximum absolute atomic E-state index is 9.06. The molecule has 0 bridgehead atoms. The molecule has 0 aromatic carbocycles. The minimum Gasteiger partial charge on any atom is -0.396 e. The molecule has 3 heteroatoms. The average Bonchev–Trinajstić information content (AvgIpc) is 2.06. The third-order valence-corrected chi connectivity index (χ3v) is 2.26. The number of nitrogens with two attached hydrogens (primary N) is 1. The Morgan fingerprint density at radius 1 is 1.64 bits per heavy atom. The highest BCUT2D eigenvalue weighted by atomic mass is 16.5. The maximum Gasteiger partial charge on any atom is 0.0656 e. The lowest BCUT2D eigenvalue weighted by atomic mass is 9.84. The van der Waals surface area contributed by atoms with Crippen LogP contribution in [0.25, 0.3) is 0 Å². The van der Waals surface area contributed by atoms with Gasteiger partial charge in [-0.3, -0.25) is 0 Å². The molecule has 0 spiro atoms. The molecule has 0 aliphatic carbocycles. The van der Waals surface area contributed by atoms with Gasteiger partial charge in [0.2, 0.25) is 0 Å². The van der Waals surface area contributed by atoms with Gasteiger partial charge < -0.3 is 15.6 Å². The van der Waals surface area contributed by atoms with Gasteiger partial charge >= 0.3 is 0 Å². The number of hydrogen-bond donors (Lipinski definition) is 2. The van der Waals surface area contributed by atoms with Crippen molar-refractivity contribution in [2.24, 2.45) is 11.1 Å². The largest absolute Gasteiger partial charge is 0.396 e. The summed E-state index contributed by atoms with van der Waals surface area (Å²) < 4.78 is 5.21. The van der Waals surface area contributed by atoms with Crippen molar-refractivity contribution >= 4 is 0 Å². The summed E-state index contributed by atoms with van der Waals surface area (Å²) in [6.07, 6.45) is 0.933. The van der Waals surface area contributed by atoms with E-state index in [-0.39, 0.29) is 18.1 Å². The Labute approximate surface area is 68.5 Å². The summed E-state index contributed by atoms with van der Waals surface area (Å²) in [6, 6.07) is 0. The van der Waals surface area contributed by atoms with Gasteiger partial charge in [0.25, 0.3) is 0 Å². The Morgan fingerprint density at radius 3 is 2.27 bits per heavy atom. The average molecular weight is 161 g/mol. The number of hydrogen-bond acceptors (Lipinski definition) is 3. The highest BCUT2D eigenvalue weighted by Crippen LogP contribution is 2.23. The summed E-state index contributed by atoms with van der Waals surface area (Å²) >= 11 is 0. The fourth-order valence-electron chi connectivity index (χ4n) is 1.24. The lowest BCUT2D eigenvalue weighted by Crippen LogP contribution is -2.43. The first kappa shape index (κ1) is 10.9. The van der Waals surface area contributed by atoms with Crippen molar-refractivity contribution in [1.29, 1.82) is 0 Å². The third-order valence-electron chi connectivity index (χ3n) is 2.26. The van der Waals surface area contributed by atoms with Gasteiger partial charge in [0.1, 0.15) is 0 Å². The molecule has 0 radical (unpaired) electrons. The van der Waals surface area contributed by atoms with Crippen LogP contribution in [0.2, 0.25) is 0 Å². The topological polar surface area (TPSA) is 55.5 Å². The Kier molecular flexibility index (Phi) is 4.65. The van der Waals surface area contributed by atoms with Crippen LogP contribution in [0.1, 0.15) is 20.3 Å². The first-order valence-corrected chi connectivity index (χ1v) is 3.98. The van der Waals surface area contributed by atoms with Gasteiger partial charge in [0, 0.05) is 19.1 Å². The molecule has 0 aromatic rings. The second-order valence-electron chi connectivity index (χ2n) is 3.15. The fraction of sp³-hybridized carbons (Fsp3) is 1.00. The summed E-state index contributed by atoms with van der Waals surface area (Å²) in [7, 11) is 1.65. The molecule has 0 aromatic heterocycles. The number of rotatable bonds is 5. The molecule has 0 fully saturated rings. The summed E-state index contributed by atoms with van der Waals surface area (Å²) in [5.41, 5.74) is 5.24. The molecule has 2 atom stereocenters. The zero-order valence-electron chi connectivity index (χ0n) is 7.63. The van der Waals surface area contributed by atoms with E-state index < -0.39 is 0 Å². The third kappa shape index (κ3) is 2.43. The minimum absolute atomic E-state index is 0.0532. The summed E-state index contributed by atoms with van der Waals surface area (Å²) in [5.74, 6) is 0. The van der Waals surface area contributed by atoms with Gasteiger partial charge in [-0.2, -0.15) is 0 Å². The second kappa shape index (κ2) is 4.70. The van der Waals surface area contributed by atoms with Crippen LogP contribution in [0.4, 0.5) is 0 Å². The smallest absolute Gasteiger partial charge is 0.0656 e. The highest BCUT2D eigenvalue weighted by molar-refractivity contribution is 4.82. The van der Waals surface area contributed by atoms with Crippen molar-refractivity contribution in [1.82, 2.24) is 0 Å². The molecule has 0 aliphatic rings. The number of methoxy groups -OCH3 is 1. The number of aliphatic hydroxyl groups excluding tert-OH is 1. The Bertz CT molecular complexity index is 98.3. The molecule has 2 unspecified atom stereocenters. The van der Waals surface area contributed by atoms with Crippen LogP contribution in [-0.4, -0.2) is 31.5 Å². The highest BCUT2D eigenvalue weighted by Gasteiger charge is 2.30. The molecular weight excluding hydrogens is 142 g/mol. The normalized spacial score (nSPS) is 19.4. The predicted molar refractivity (Wildman–Crippen MR) is 45.3 cm³/mol. The van der Waals surface area contributed by atoms with Crippen molar-refractivity contribution < 1.29 is 9.84 Å². The molecule has 3 N–H and O–H groups in total. The molecule has 0 saturated carbocycles. The van der Waals surface area contributed by atoms with E-state index in [1.807, 2.05) is 13.8 Å². The van der Waals surface area contributed by atoms with Crippen LogP contribution in [0, 0.1) is 5.41 Å². The zero-order chi connectivity index (χ0) is 8.91. The van der Waals surface area contributed by atoms with Crippen molar-refractivity contribution in [3.8, 4) is 0 Å². The van der Waals surface area contributed by atoms with E-state index in [1.54, 1.807) is 7.11 Å². The quantitative estimate of drug-likeness (QED) is 0.612. The van der Waals surface area contributed by atoms with E-state index in [2.05, 4.69) is 0 Å². The molecule has 0 saturated heterocycles. The SMILES string of the molecule is CCC(OC)C(C)(CN)CO. The lowest BCUT2D eigenvalue weighted by molar-refractivity contribution is -0.0306. The van der Waals surface area contributed by atoms with Gasteiger partial charge in [0.05, 0.1) is 12.7 Å². The van der Waals surface area contributed by atoms with E-state index in [4.69, 9.17) is 15.6 Å². The molecule has 3 nitrogen and oxygen atoms in total. The summed E-state index contributed by atoms with van der Waals surface area (Å²) in [4.78, 5) is 0. The van der Waals surface area contributed by atoms with Gasteiger partial charge in [-0.25, -0.2) is 0 Å². The van der Waals surface area contributed by atoms with E-state index in [9.17, 15) is 0 Å². The molecule has 0 aliphatic heterocycles. The first-order valence-electron chi connectivity index (χ1n) is 3.98. The molecule has 68 valence electrons. The van der Waals surface area contributed by atoms with Crippen molar-refractivity contribution in [2.75, 3.05) is 20.3 Å². The fourth-order valence-corrected chi connectivity index (χ4v) is 1.24. The Morgan fingerprint density at radius 2 is 2.18 bits per heavy atom. The Balaban J connectivity index is 4.19. The van der Waals surface area contributed by atoms with Crippen LogP contribution in [-0.2, 0) is 4.74 Å². The van der Waals surface area contributed by atoms with Crippen molar-refractivity contribution in [3.05, 3.63) is 0 Å². The minimum atomic E-state index is -0.288. The van der Waals surface area contributed by atoms with Gasteiger partial charge in [-0.05, 0) is 6.42 Å². The van der Waals surface area contributed by atoms with Crippen LogP contribution in [0.15, 0.2) is 0 Å². The molecular formula is C8H19NO2. The van der Waals surface area contributed by atoms with Crippen LogP contribution < -0.4 is 5.73 Å². The van der Waals surface area contributed by atoms with Crippen LogP contribution in [0.5, 0.6) is 0 Å². The molecule has 0 rings (SSSR count). The summed E-state index contributed by atoms with van der Waals surface area (Å²) in [5, 5.41) is 9.06. The van der Waals surface area contributed by atoms with Gasteiger partial charge in [-0.15, -0.1) is 0 Å². The van der Waals surface area contributed by atoms with Crippen LogP contribution >= 0.6 is 0 Å². The monoisotopic (exact) mass is 161 g/mol. The first-order chi connectivity index (χ1) is 5.14. The zero-order valence-corrected chi connectivity index (χ0v) is 7.63. The lowest BCUT2D eigenvalue weighted by Gasteiger charge is -2.33.